The summed E-state index contributed by atoms with van der Waals surface area (Å²) in [5.74, 6) is 0.710. The van der Waals surface area contributed by atoms with Crippen LogP contribution in [0.5, 0.6) is 5.75 Å². The zero-order chi connectivity index (χ0) is 13.5. The number of hydrogen-bond acceptors (Lipinski definition) is 3. The van der Waals surface area contributed by atoms with E-state index in [9.17, 15) is 0 Å². The maximum atomic E-state index is 6.04. The van der Waals surface area contributed by atoms with Crippen LogP contribution in [0.15, 0.2) is 18.2 Å². The molecule has 2 unspecified atom stereocenters. The Morgan fingerprint density at radius 1 is 1.33 bits per heavy atom. The molecule has 18 heavy (non-hydrogen) atoms. The lowest BCUT2D eigenvalue weighted by atomic mass is 10.0. The van der Waals surface area contributed by atoms with Crippen LogP contribution in [0.25, 0.3) is 0 Å². The van der Waals surface area contributed by atoms with Gasteiger partial charge in [-0.05, 0) is 37.6 Å². The van der Waals surface area contributed by atoms with Crippen LogP contribution in [0.3, 0.4) is 0 Å². The van der Waals surface area contributed by atoms with Gasteiger partial charge >= 0.3 is 0 Å². The van der Waals surface area contributed by atoms with Crippen LogP contribution in [0.4, 0.5) is 0 Å². The van der Waals surface area contributed by atoms with Gasteiger partial charge in [-0.1, -0.05) is 24.6 Å². The van der Waals surface area contributed by atoms with Crippen LogP contribution < -0.4 is 10.1 Å². The van der Waals surface area contributed by atoms with Crippen molar-refractivity contribution in [3.63, 3.8) is 0 Å². The molecule has 0 aromatic heterocycles. The van der Waals surface area contributed by atoms with Crippen molar-refractivity contribution in [1.29, 1.82) is 0 Å². The summed E-state index contributed by atoms with van der Waals surface area (Å²) in [5.41, 5.74) is 1.17. The van der Waals surface area contributed by atoms with Crippen molar-refractivity contribution in [2.75, 3.05) is 20.8 Å². The molecule has 102 valence electrons. The Hall–Kier alpha value is -0.770. The standard InChI is InChI=1S/C14H22ClNO2/c1-5-16-13(8-10(2)17-3)11-6-7-12(15)14(9-11)18-4/h6-7,9-10,13,16H,5,8H2,1-4H3. The predicted molar refractivity (Wildman–Crippen MR) is 75.5 cm³/mol. The Morgan fingerprint density at radius 2 is 2.06 bits per heavy atom. The second-order valence-corrected chi connectivity index (χ2v) is 4.69. The predicted octanol–water partition coefficient (Wildman–Crippen LogP) is 3.42. The lowest BCUT2D eigenvalue weighted by Crippen LogP contribution is -2.25. The molecule has 0 saturated carbocycles. The molecule has 0 bridgehead atoms. The lowest BCUT2D eigenvalue weighted by Gasteiger charge is -2.22. The third kappa shape index (κ3) is 4.16. The van der Waals surface area contributed by atoms with E-state index < -0.39 is 0 Å². The molecule has 1 rings (SSSR count). The molecule has 1 aromatic carbocycles. The van der Waals surface area contributed by atoms with Gasteiger partial charge in [0.2, 0.25) is 0 Å². The summed E-state index contributed by atoms with van der Waals surface area (Å²) in [6.45, 7) is 5.07. The number of ether oxygens (including phenoxy) is 2. The van der Waals surface area contributed by atoms with Gasteiger partial charge in [0.05, 0.1) is 18.2 Å². The maximum absolute atomic E-state index is 6.04. The van der Waals surface area contributed by atoms with Crippen LogP contribution in [0, 0.1) is 0 Å². The number of halogens is 1. The molecule has 3 nitrogen and oxygen atoms in total. The van der Waals surface area contributed by atoms with Crippen LogP contribution in [0.1, 0.15) is 31.9 Å². The van der Waals surface area contributed by atoms with Gasteiger partial charge in [0.1, 0.15) is 5.75 Å². The van der Waals surface area contributed by atoms with Crippen molar-refractivity contribution < 1.29 is 9.47 Å². The van der Waals surface area contributed by atoms with Gasteiger partial charge < -0.3 is 14.8 Å². The van der Waals surface area contributed by atoms with Crippen LogP contribution in [-0.4, -0.2) is 26.9 Å². The van der Waals surface area contributed by atoms with Crippen LogP contribution >= 0.6 is 11.6 Å². The highest BCUT2D eigenvalue weighted by Gasteiger charge is 2.15. The van der Waals surface area contributed by atoms with E-state index in [1.807, 2.05) is 18.2 Å². The summed E-state index contributed by atoms with van der Waals surface area (Å²) in [6.07, 6.45) is 1.12. The summed E-state index contributed by atoms with van der Waals surface area (Å²) in [5, 5.41) is 4.09. The van der Waals surface area contributed by atoms with E-state index in [0.717, 1.165) is 13.0 Å². The summed E-state index contributed by atoms with van der Waals surface area (Å²) in [7, 11) is 3.36. The largest absolute Gasteiger partial charge is 0.495 e. The molecular formula is C14H22ClNO2. The summed E-state index contributed by atoms with van der Waals surface area (Å²) >= 11 is 6.04. The monoisotopic (exact) mass is 271 g/mol. The van der Waals surface area contributed by atoms with E-state index in [0.29, 0.717) is 10.8 Å². The first-order valence-corrected chi connectivity index (χ1v) is 6.59. The van der Waals surface area contributed by atoms with Gasteiger partial charge in [-0.3, -0.25) is 0 Å². The van der Waals surface area contributed by atoms with Crippen LogP contribution in [0.2, 0.25) is 5.02 Å². The fourth-order valence-corrected chi connectivity index (χ4v) is 2.10. The van der Waals surface area contributed by atoms with Gasteiger partial charge in [0, 0.05) is 13.2 Å². The zero-order valence-corrected chi connectivity index (χ0v) is 12.3. The Morgan fingerprint density at radius 3 is 2.61 bits per heavy atom. The number of hydrogen-bond donors (Lipinski definition) is 1. The van der Waals surface area contributed by atoms with Crippen molar-refractivity contribution in [3.8, 4) is 5.75 Å². The van der Waals surface area contributed by atoms with Crippen molar-refractivity contribution in [2.24, 2.45) is 0 Å². The van der Waals surface area contributed by atoms with Gasteiger partial charge in [-0.15, -0.1) is 0 Å². The van der Waals surface area contributed by atoms with Crippen molar-refractivity contribution in [1.82, 2.24) is 5.32 Å². The van der Waals surface area contributed by atoms with Crippen molar-refractivity contribution >= 4 is 11.6 Å². The second-order valence-electron chi connectivity index (χ2n) is 4.29. The molecule has 0 aliphatic carbocycles. The number of methoxy groups -OCH3 is 2. The average Bonchev–Trinajstić information content (AvgIpc) is 2.38. The zero-order valence-electron chi connectivity index (χ0n) is 11.5. The molecule has 0 saturated heterocycles. The first-order chi connectivity index (χ1) is 8.62. The van der Waals surface area contributed by atoms with Crippen molar-refractivity contribution in [2.45, 2.75) is 32.4 Å². The summed E-state index contributed by atoms with van der Waals surface area (Å²) < 4.78 is 10.6. The average molecular weight is 272 g/mol. The minimum absolute atomic E-state index is 0.204. The van der Waals surface area contributed by atoms with E-state index in [1.165, 1.54) is 5.56 Å². The van der Waals surface area contributed by atoms with E-state index in [1.54, 1.807) is 14.2 Å². The topological polar surface area (TPSA) is 30.5 Å². The Balaban J connectivity index is 2.90. The number of rotatable bonds is 7. The van der Waals surface area contributed by atoms with Crippen LogP contribution in [-0.2, 0) is 4.74 Å². The maximum Gasteiger partial charge on any atom is 0.137 e. The third-order valence-electron chi connectivity index (χ3n) is 3.00. The molecule has 0 spiro atoms. The smallest absolute Gasteiger partial charge is 0.137 e. The molecule has 0 amide bonds. The quantitative estimate of drug-likeness (QED) is 0.824. The first-order valence-electron chi connectivity index (χ1n) is 6.22. The van der Waals surface area contributed by atoms with E-state index in [2.05, 4.69) is 19.2 Å². The molecule has 0 heterocycles. The van der Waals surface area contributed by atoms with Gasteiger partial charge in [-0.2, -0.15) is 0 Å². The summed E-state index contributed by atoms with van der Waals surface area (Å²) in [6, 6.07) is 6.13. The van der Waals surface area contributed by atoms with Crippen molar-refractivity contribution in [3.05, 3.63) is 28.8 Å². The fourth-order valence-electron chi connectivity index (χ4n) is 1.90. The normalized spacial score (nSPS) is 14.3. The van der Waals surface area contributed by atoms with E-state index >= 15 is 0 Å². The molecule has 2 atom stereocenters. The Bertz CT molecular complexity index is 371. The summed E-state index contributed by atoms with van der Waals surface area (Å²) in [4.78, 5) is 0. The SMILES string of the molecule is CCNC(CC(C)OC)c1ccc(Cl)c(OC)c1. The first kappa shape index (κ1) is 15.3. The Kier molecular flexibility index (Phi) is 6.47. The highest BCUT2D eigenvalue weighted by molar-refractivity contribution is 6.32. The van der Waals surface area contributed by atoms with Gasteiger partial charge in [0.15, 0.2) is 0 Å². The van der Waals surface area contributed by atoms with Gasteiger partial charge in [-0.25, -0.2) is 0 Å². The third-order valence-corrected chi connectivity index (χ3v) is 3.31. The fraction of sp³-hybridized carbons (Fsp3) is 0.571. The molecular weight excluding hydrogens is 250 g/mol. The molecule has 0 radical (unpaired) electrons. The molecule has 0 aliphatic rings. The Labute approximate surface area is 114 Å². The molecule has 1 aromatic rings. The minimum atomic E-state index is 0.204. The van der Waals surface area contributed by atoms with Gasteiger partial charge in [0.25, 0.3) is 0 Å². The molecule has 0 aliphatic heterocycles. The minimum Gasteiger partial charge on any atom is -0.495 e. The highest BCUT2D eigenvalue weighted by Crippen LogP contribution is 2.29. The van der Waals surface area contributed by atoms with E-state index in [-0.39, 0.29) is 12.1 Å². The molecule has 1 N–H and O–H groups in total. The molecule has 0 fully saturated rings. The van der Waals surface area contributed by atoms with E-state index in [4.69, 9.17) is 21.1 Å². The lowest BCUT2D eigenvalue weighted by molar-refractivity contribution is 0.101. The number of nitrogens with one attached hydrogen (secondary N) is 1. The molecule has 4 heteroatoms. The number of benzene rings is 1. The second kappa shape index (κ2) is 7.62. The highest BCUT2D eigenvalue weighted by atomic mass is 35.5.